The van der Waals surface area contributed by atoms with Crippen LogP contribution in [0.15, 0.2) is 51.2 Å². The van der Waals surface area contributed by atoms with Gasteiger partial charge in [0.2, 0.25) is 0 Å². The number of benzene rings is 1. The Hall–Kier alpha value is -0.933. The summed E-state index contributed by atoms with van der Waals surface area (Å²) in [6.45, 7) is 14.2. The molecule has 0 aromatic heterocycles. The van der Waals surface area contributed by atoms with Gasteiger partial charge in [0, 0.05) is 16.9 Å². The van der Waals surface area contributed by atoms with Crippen LogP contribution in [0.1, 0.15) is 59.8 Å². The Labute approximate surface area is 172 Å². The molecule has 0 aliphatic rings. The topological polar surface area (TPSA) is 18.5 Å². The zero-order valence-electron chi connectivity index (χ0n) is 18.4. The van der Waals surface area contributed by atoms with E-state index in [9.17, 15) is 0 Å². The van der Waals surface area contributed by atoms with Crippen LogP contribution in [-0.2, 0) is 9.47 Å². The molecule has 27 heavy (non-hydrogen) atoms. The second-order valence-electron chi connectivity index (χ2n) is 8.53. The molecule has 1 aromatic rings. The van der Waals surface area contributed by atoms with E-state index in [2.05, 4.69) is 76.9 Å². The van der Waals surface area contributed by atoms with Crippen LogP contribution in [0.3, 0.4) is 0 Å². The van der Waals surface area contributed by atoms with E-state index in [-0.39, 0.29) is 11.8 Å². The zero-order chi connectivity index (χ0) is 20.3. The van der Waals surface area contributed by atoms with Crippen LogP contribution in [0.4, 0.5) is 0 Å². The summed E-state index contributed by atoms with van der Waals surface area (Å²) in [6, 6.07) is 10.6. The monoisotopic (exact) mass is 406 g/mol. The number of hydrogen-bond acceptors (Lipinski definition) is 3. The molecule has 0 N–H and O–H groups in total. The van der Waals surface area contributed by atoms with E-state index in [0.717, 1.165) is 11.8 Å². The first kappa shape index (κ1) is 24.1. The fraction of sp³-hybridized carbons (Fsp3) is 0.609. The minimum atomic E-state index is -1.84. The van der Waals surface area contributed by atoms with Crippen molar-refractivity contribution in [3.63, 3.8) is 0 Å². The van der Waals surface area contributed by atoms with Gasteiger partial charge in [0.15, 0.2) is 6.79 Å². The third kappa shape index (κ3) is 8.31. The molecule has 0 heterocycles. The van der Waals surface area contributed by atoms with Crippen molar-refractivity contribution in [3.8, 4) is 0 Å². The SMILES string of the molecule is CCCCCCC(=C=C(OCOC)[Si](C)(C)C(C)(C)C)Sc1ccccc1. The Morgan fingerprint density at radius 1 is 1.07 bits per heavy atom. The predicted octanol–water partition coefficient (Wildman–Crippen LogP) is 7.78. The van der Waals surface area contributed by atoms with Gasteiger partial charge in [-0.15, -0.1) is 0 Å². The first-order valence-electron chi connectivity index (χ1n) is 10.1. The van der Waals surface area contributed by atoms with Gasteiger partial charge in [-0.2, -0.15) is 0 Å². The van der Waals surface area contributed by atoms with E-state index in [1.165, 1.54) is 35.5 Å². The van der Waals surface area contributed by atoms with E-state index in [1.54, 1.807) is 7.11 Å². The standard InChI is InChI=1S/C23H38O2SSi/c1-8-9-10-12-17-21(26-20-15-13-11-14-16-20)18-22(25-19-24-5)27(6,7)23(2,3)4/h11,13-16H,8-10,12,17,19H2,1-7H3. The average Bonchev–Trinajstić information content (AvgIpc) is 2.61. The maximum atomic E-state index is 6.09. The van der Waals surface area contributed by atoms with Gasteiger partial charge in [-0.1, -0.05) is 95.7 Å². The third-order valence-electron chi connectivity index (χ3n) is 5.26. The number of unbranched alkanes of at least 4 members (excludes halogenated alkanes) is 3. The first-order chi connectivity index (χ1) is 12.7. The Bertz CT molecular complexity index is 611. The lowest BCUT2D eigenvalue weighted by Crippen LogP contribution is -2.40. The Morgan fingerprint density at radius 3 is 2.30 bits per heavy atom. The molecule has 1 aromatic carbocycles. The molecule has 0 amide bonds. The molecule has 0 spiro atoms. The van der Waals surface area contributed by atoms with E-state index >= 15 is 0 Å². The Balaban J connectivity index is 3.27. The molecule has 0 fully saturated rings. The van der Waals surface area contributed by atoms with Gasteiger partial charge in [0.1, 0.15) is 13.5 Å². The summed E-state index contributed by atoms with van der Waals surface area (Å²) >= 11 is 1.82. The highest BCUT2D eigenvalue weighted by atomic mass is 32.2. The van der Waals surface area contributed by atoms with Crippen molar-refractivity contribution in [1.29, 1.82) is 0 Å². The minimum absolute atomic E-state index is 0.188. The quantitative estimate of drug-likeness (QED) is 0.0933. The van der Waals surface area contributed by atoms with Crippen molar-refractivity contribution >= 4 is 19.8 Å². The number of hydrogen-bond donors (Lipinski definition) is 0. The van der Waals surface area contributed by atoms with Crippen LogP contribution in [0.2, 0.25) is 18.1 Å². The summed E-state index contributed by atoms with van der Waals surface area (Å²) in [7, 11) is -0.159. The summed E-state index contributed by atoms with van der Waals surface area (Å²) in [5, 5.41) is 1.21. The van der Waals surface area contributed by atoms with E-state index in [4.69, 9.17) is 9.47 Å². The van der Waals surface area contributed by atoms with Gasteiger partial charge in [-0.3, -0.25) is 0 Å². The maximum Gasteiger partial charge on any atom is 0.188 e. The second kappa shape index (κ2) is 11.8. The molecular weight excluding hydrogens is 368 g/mol. The van der Waals surface area contributed by atoms with Crippen LogP contribution >= 0.6 is 11.8 Å². The largest absolute Gasteiger partial charge is 0.469 e. The second-order valence-corrected chi connectivity index (χ2v) is 14.9. The Morgan fingerprint density at radius 2 is 1.74 bits per heavy atom. The molecule has 2 nitrogen and oxygen atoms in total. The molecule has 0 unspecified atom stereocenters. The molecule has 0 atom stereocenters. The summed E-state index contributed by atoms with van der Waals surface area (Å²) < 4.78 is 11.3. The lowest BCUT2D eigenvalue weighted by molar-refractivity contribution is 0.0127. The van der Waals surface area contributed by atoms with Crippen molar-refractivity contribution in [2.24, 2.45) is 0 Å². The van der Waals surface area contributed by atoms with Crippen molar-refractivity contribution in [3.05, 3.63) is 46.4 Å². The summed E-state index contributed by atoms with van der Waals surface area (Å²) in [5.74, 6) is 0. The number of thioether (sulfide) groups is 1. The average molecular weight is 407 g/mol. The summed E-state index contributed by atoms with van der Waals surface area (Å²) in [5.41, 5.74) is 3.72. The van der Waals surface area contributed by atoms with Crippen molar-refractivity contribution in [1.82, 2.24) is 0 Å². The van der Waals surface area contributed by atoms with Crippen LogP contribution in [0.25, 0.3) is 0 Å². The molecule has 1 rings (SSSR count). The van der Waals surface area contributed by atoms with Gasteiger partial charge < -0.3 is 9.47 Å². The molecule has 4 heteroatoms. The minimum Gasteiger partial charge on any atom is -0.469 e. The van der Waals surface area contributed by atoms with Crippen molar-refractivity contribution < 1.29 is 9.47 Å². The van der Waals surface area contributed by atoms with Crippen LogP contribution < -0.4 is 0 Å². The molecule has 0 aliphatic heterocycles. The molecule has 0 saturated carbocycles. The highest BCUT2D eigenvalue weighted by molar-refractivity contribution is 8.03. The molecule has 0 aliphatic carbocycles. The van der Waals surface area contributed by atoms with E-state index < -0.39 is 8.07 Å². The molecule has 0 saturated heterocycles. The molecule has 152 valence electrons. The first-order valence-corrected chi connectivity index (χ1v) is 13.9. The van der Waals surface area contributed by atoms with Gasteiger partial charge in [-0.25, -0.2) is 0 Å². The molecule has 0 bridgehead atoms. The zero-order valence-corrected chi connectivity index (χ0v) is 20.2. The maximum absolute atomic E-state index is 6.09. The van der Waals surface area contributed by atoms with Crippen LogP contribution in [0, 0.1) is 0 Å². The summed E-state index contributed by atoms with van der Waals surface area (Å²) in [6.07, 6.45) is 6.07. The third-order valence-corrected chi connectivity index (χ3v) is 11.5. The number of methoxy groups -OCH3 is 1. The lowest BCUT2D eigenvalue weighted by Gasteiger charge is -2.37. The fourth-order valence-corrected chi connectivity index (χ4v) is 5.06. The number of rotatable bonds is 11. The predicted molar refractivity (Wildman–Crippen MR) is 122 cm³/mol. The number of allylic oxidation sites excluding steroid dienone is 1. The molecular formula is C23H38O2SSi. The highest BCUT2D eigenvalue weighted by Crippen LogP contribution is 2.41. The van der Waals surface area contributed by atoms with Gasteiger partial charge in [0.25, 0.3) is 0 Å². The fourth-order valence-electron chi connectivity index (χ4n) is 2.44. The smallest absolute Gasteiger partial charge is 0.188 e. The van der Waals surface area contributed by atoms with E-state index in [1.807, 2.05) is 11.8 Å². The van der Waals surface area contributed by atoms with Crippen LogP contribution in [0.5, 0.6) is 0 Å². The lowest BCUT2D eigenvalue weighted by atomic mass is 10.1. The van der Waals surface area contributed by atoms with Gasteiger partial charge in [0.05, 0.1) is 0 Å². The summed E-state index contributed by atoms with van der Waals surface area (Å²) in [4.78, 5) is 2.53. The number of ether oxygens (including phenoxy) is 2. The highest BCUT2D eigenvalue weighted by Gasteiger charge is 2.41. The van der Waals surface area contributed by atoms with Gasteiger partial charge in [-0.05, 0) is 30.0 Å². The molecule has 0 radical (unpaired) electrons. The Kier molecular flexibility index (Phi) is 10.5. The van der Waals surface area contributed by atoms with Crippen molar-refractivity contribution in [2.45, 2.75) is 82.8 Å². The van der Waals surface area contributed by atoms with Crippen molar-refractivity contribution in [2.75, 3.05) is 13.9 Å². The van der Waals surface area contributed by atoms with Gasteiger partial charge >= 0.3 is 0 Å². The van der Waals surface area contributed by atoms with Crippen LogP contribution in [-0.4, -0.2) is 22.0 Å². The normalized spacial score (nSPS) is 11.8. The van der Waals surface area contributed by atoms with E-state index in [0.29, 0.717) is 0 Å².